The number of nitrogens with zero attached hydrogens (tertiary/aromatic N) is 2. The smallest absolute Gasteiger partial charge is 0.203 e. The first-order valence-corrected chi connectivity index (χ1v) is 7.54. The van der Waals surface area contributed by atoms with Crippen LogP contribution in [0.5, 0.6) is 11.5 Å². The Bertz CT molecular complexity index is 660. The summed E-state index contributed by atoms with van der Waals surface area (Å²) in [5, 5.41) is 16.6. The second-order valence-electron chi connectivity index (χ2n) is 3.81. The number of phenolic OH excluding ortho intramolecular Hbond substituents is 1. The number of aryl methyl sites for hydroxylation is 1. The summed E-state index contributed by atoms with van der Waals surface area (Å²) in [5.41, 5.74) is 4.43. The lowest BCUT2D eigenvalue weighted by Gasteiger charge is -2.08. The van der Waals surface area contributed by atoms with Crippen LogP contribution in [0.1, 0.15) is 11.3 Å². The third-order valence-electron chi connectivity index (χ3n) is 2.38. The monoisotopic (exact) mass is 375 g/mol. The van der Waals surface area contributed by atoms with Crippen molar-refractivity contribution in [3.63, 3.8) is 0 Å². The molecule has 0 radical (unpaired) electrons. The Kier molecular flexibility index (Phi) is 4.85. The predicted octanol–water partition coefficient (Wildman–Crippen LogP) is 4.03. The van der Waals surface area contributed by atoms with Crippen molar-refractivity contribution in [3.8, 4) is 11.5 Å². The zero-order chi connectivity index (χ0) is 14.7. The molecule has 2 N–H and O–H groups in total. The van der Waals surface area contributed by atoms with Crippen LogP contribution < -0.4 is 10.2 Å². The Hall–Kier alpha value is -1.31. The van der Waals surface area contributed by atoms with Gasteiger partial charge in [0.1, 0.15) is 5.02 Å². The van der Waals surface area contributed by atoms with E-state index in [1.807, 2.05) is 12.3 Å². The molecule has 2 aromatic rings. The van der Waals surface area contributed by atoms with E-state index < -0.39 is 0 Å². The lowest BCUT2D eigenvalue weighted by molar-refractivity contribution is 0.373. The minimum absolute atomic E-state index is 0.110. The van der Waals surface area contributed by atoms with Gasteiger partial charge in [-0.05, 0) is 28.9 Å². The standard InChI is InChI=1S/C12H11BrClN3O2S/c1-6-5-20-12(16-6)17-15-4-7-3-8(19-2)11(18)10(14)9(7)13/h3-5,18H,1-2H3,(H,16,17). The van der Waals surface area contributed by atoms with Crippen molar-refractivity contribution >= 4 is 50.2 Å². The quantitative estimate of drug-likeness (QED) is 0.624. The van der Waals surface area contributed by atoms with Gasteiger partial charge >= 0.3 is 0 Å². The zero-order valence-corrected chi connectivity index (χ0v) is 13.8. The molecule has 1 aromatic carbocycles. The maximum Gasteiger partial charge on any atom is 0.203 e. The summed E-state index contributed by atoms with van der Waals surface area (Å²) in [7, 11) is 1.46. The zero-order valence-electron chi connectivity index (χ0n) is 10.6. The molecule has 0 unspecified atom stereocenters. The largest absolute Gasteiger partial charge is 0.503 e. The molecule has 0 atom stereocenters. The fourth-order valence-electron chi connectivity index (χ4n) is 1.42. The third-order valence-corrected chi connectivity index (χ3v) is 4.69. The van der Waals surface area contributed by atoms with Crippen molar-refractivity contribution in [3.05, 3.63) is 32.2 Å². The van der Waals surface area contributed by atoms with E-state index in [1.165, 1.54) is 18.4 Å². The summed E-state index contributed by atoms with van der Waals surface area (Å²) in [6.07, 6.45) is 1.56. The lowest BCUT2D eigenvalue weighted by atomic mass is 10.2. The number of hydrazone groups is 1. The molecule has 106 valence electrons. The number of ether oxygens (including phenoxy) is 1. The van der Waals surface area contributed by atoms with Crippen molar-refractivity contribution in [2.75, 3.05) is 12.5 Å². The van der Waals surface area contributed by atoms with E-state index >= 15 is 0 Å². The average Bonchev–Trinajstić information content (AvgIpc) is 2.84. The highest BCUT2D eigenvalue weighted by molar-refractivity contribution is 9.10. The summed E-state index contributed by atoms with van der Waals surface area (Å²) >= 11 is 10.8. The van der Waals surface area contributed by atoms with Crippen LogP contribution in [0.4, 0.5) is 5.13 Å². The number of thiazole rings is 1. The van der Waals surface area contributed by atoms with E-state index in [9.17, 15) is 5.11 Å². The number of benzene rings is 1. The summed E-state index contributed by atoms with van der Waals surface area (Å²) in [5.74, 6) is 0.173. The first-order valence-electron chi connectivity index (χ1n) is 5.49. The van der Waals surface area contributed by atoms with Gasteiger partial charge in [-0.15, -0.1) is 11.3 Å². The number of aromatic nitrogens is 1. The predicted molar refractivity (Wildman–Crippen MR) is 85.4 cm³/mol. The van der Waals surface area contributed by atoms with Gasteiger partial charge in [-0.25, -0.2) is 4.98 Å². The molecule has 0 bridgehead atoms. The number of halogens is 2. The third kappa shape index (κ3) is 3.23. The van der Waals surface area contributed by atoms with E-state index in [2.05, 4.69) is 31.4 Å². The SMILES string of the molecule is COc1cc(C=NNc2nc(C)cs2)c(Br)c(Cl)c1O. The number of hydrogen-bond donors (Lipinski definition) is 2. The minimum Gasteiger partial charge on any atom is -0.503 e. The van der Waals surface area contributed by atoms with E-state index in [-0.39, 0.29) is 16.5 Å². The van der Waals surface area contributed by atoms with Crippen LogP contribution in [0.25, 0.3) is 0 Å². The van der Waals surface area contributed by atoms with Gasteiger partial charge < -0.3 is 9.84 Å². The molecule has 1 aromatic heterocycles. The van der Waals surface area contributed by atoms with Gasteiger partial charge in [0.05, 0.1) is 19.0 Å². The number of hydrogen-bond acceptors (Lipinski definition) is 6. The number of nitrogens with one attached hydrogen (secondary N) is 1. The Labute approximate surface area is 133 Å². The maximum atomic E-state index is 9.75. The molecule has 20 heavy (non-hydrogen) atoms. The van der Waals surface area contributed by atoms with Crippen molar-refractivity contribution in [2.24, 2.45) is 5.10 Å². The Morgan fingerprint density at radius 3 is 2.95 bits per heavy atom. The van der Waals surface area contributed by atoms with E-state index in [1.54, 1.807) is 12.3 Å². The summed E-state index contributed by atoms with van der Waals surface area (Å²) in [6, 6.07) is 1.63. The number of methoxy groups -OCH3 is 1. The maximum absolute atomic E-state index is 9.75. The molecular weight excluding hydrogens is 366 g/mol. The van der Waals surface area contributed by atoms with Crippen LogP contribution in [0.3, 0.4) is 0 Å². The molecule has 0 aliphatic heterocycles. The lowest BCUT2D eigenvalue weighted by Crippen LogP contribution is -1.94. The van der Waals surface area contributed by atoms with Crippen molar-refractivity contribution in [1.29, 1.82) is 0 Å². The van der Waals surface area contributed by atoms with E-state index in [0.717, 1.165) is 5.69 Å². The van der Waals surface area contributed by atoms with Crippen LogP contribution >= 0.6 is 38.9 Å². The Balaban J connectivity index is 2.22. The van der Waals surface area contributed by atoms with Crippen LogP contribution in [-0.4, -0.2) is 23.4 Å². The van der Waals surface area contributed by atoms with Crippen LogP contribution in [-0.2, 0) is 0 Å². The highest BCUT2D eigenvalue weighted by atomic mass is 79.9. The molecule has 0 aliphatic rings. The van der Waals surface area contributed by atoms with Gasteiger partial charge in [-0.2, -0.15) is 5.10 Å². The van der Waals surface area contributed by atoms with Gasteiger partial charge in [0.15, 0.2) is 11.5 Å². The van der Waals surface area contributed by atoms with Gasteiger partial charge in [-0.3, -0.25) is 5.43 Å². The van der Waals surface area contributed by atoms with Crippen molar-refractivity contribution in [1.82, 2.24) is 4.98 Å². The highest BCUT2D eigenvalue weighted by Crippen LogP contribution is 2.40. The molecule has 0 aliphatic carbocycles. The van der Waals surface area contributed by atoms with Crippen LogP contribution in [0, 0.1) is 6.92 Å². The van der Waals surface area contributed by atoms with Crippen LogP contribution in [0.15, 0.2) is 21.0 Å². The summed E-state index contributed by atoms with van der Waals surface area (Å²) in [4.78, 5) is 4.22. The first kappa shape index (κ1) is 15.1. The normalized spacial score (nSPS) is 11.0. The average molecular weight is 377 g/mol. The van der Waals surface area contributed by atoms with Gasteiger partial charge in [0, 0.05) is 15.4 Å². The number of rotatable bonds is 4. The Morgan fingerprint density at radius 1 is 1.60 bits per heavy atom. The van der Waals surface area contributed by atoms with Gasteiger partial charge in [-0.1, -0.05) is 11.6 Å². The molecule has 1 heterocycles. The molecule has 0 fully saturated rings. The highest BCUT2D eigenvalue weighted by Gasteiger charge is 2.14. The topological polar surface area (TPSA) is 66.7 Å². The fraction of sp³-hybridized carbons (Fsp3) is 0.167. The summed E-state index contributed by atoms with van der Waals surface area (Å²) in [6.45, 7) is 1.91. The number of phenols is 1. The van der Waals surface area contributed by atoms with E-state index in [4.69, 9.17) is 16.3 Å². The second kappa shape index (κ2) is 6.43. The van der Waals surface area contributed by atoms with Gasteiger partial charge in [0.25, 0.3) is 0 Å². The second-order valence-corrected chi connectivity index (χ2v) is 5.84. The fourth-order valence-corrected chi connectivity index (χ4v) is 2.67. The molecule has 0 spiro atoms. The molecule has 5 nitrogen and oxygen atoms in total. The molecule has 2 rings (SSSR count). The molecular formula is C12H11BrClN3O2S. The summed E-state index contributed by atoms with van der Waals surface area (Å²) < 4.78 is 5.58. The number of aromatic hydroxyl groups is 1. The molecule has 8 heteroatoms. The first-order chi connectivity index (χ1) is 9.52. The van der Waals surface area contributed by atoms with Crippen molar-refractivity contribution in [2.45, 2.75) is 6.92 Å². The molecule has 0 amide bonds. The van der Waals surface area contributed by atoms with Gasteiger partial charge in [0.2, 0.25) is 5.13 Å². The minimum atomic E-state index is -0.110. The van der Waals surface area contributed by atoms with E-state index in [0.29, 0.717) is 15.2 Å². The molecule has 0 saturated carbocycles. The number of anilines is 1. The molecule has 0 saturated heterocycles. The Morgan fingerprint density at radius 2 is 2.35 bits per heavy atom. The van der Waals surface area contributed by atoms with Crippen molar-refractivity contribution < 1.29 is 9.84 Å². The van der Waals surface area contributed by atoms with Crippen LogP contribution in [0.2, 0.25) is 5.02 Å².